The van der Waals surface area contributed by atoms with Crippen LogP contribution in [0.1, 0.15) is 39.5 Å². The monoisotopic (exact) mass is 242 g/mol. The highest BCUT2D eigenvalue weighted by Gasteiger charge is 2.31. The molecule has 1 saturated heterocycles. The molecule has 1 aliphatic heterocycles. The lowest BCUT2D eigenvalue weighted by Gasteiger charge is -2.23. The van der Waals surface area contributed by atoms with Crippen LogP contribution in [0.15, 0.2) is 0 Å². The minimum Gasteiger partial charge on any atom is -0.396 e. The quantitative estimate of drug-likeness (QED) is 0.667. The predicted octanol–water partition coefficient (Wildman–Crippen LogP) is 0.995. The van der Waals surface area contributed by atoms with Crippen LogP contribution in [-0.2, 0) is 4.79 Å². The van der Waals surface area contributed by atoms with Gasteiger partial charge in [0.05, 0.1) is 6.04 Å². The van der Waals surface area contributed by atoms with Gasteiger partial charge in [0.1, 0.15) is 0 Å². The summed E-state index contributed by atoms with van der Waals surface area (Å²) in [7, 11) is 0. The molecule has 0 spiro atoms. The smallest absolute Gasteiger partial charge is 0.239 e. The van der Waals surface area contributed by atoms with Crippen molar-refractivity contribution in [1.82, 2.24) is 10.2 Å². The molecule has 0 radical (unpaired) electrons. The van der Waals surface area contributed by atoms with E-state index < -0.39 is 0 Å². The molecule has 2 N–H and O–H groups in total. The third-order valence-electron chi connectivity index (χ3n) is 3.46. The summed E-state index contributed by atoms with van der Waals surface area (Å²) < 4.78 is 0. The van der Waals surface area contributed by atoms with E-state index in [9.17, 15) is 4.79 Å². The van der Waals surface area contributed by atoms with Gasteiger partial charge < -0.3 is 15.3 Å². The second-order valence-corrected chi connectivity index (χ2v) is 4.85. The first kappa shape index (κ1) is 14.5. The number of hydrogen-bond acceptors (Lipinski definition) is 3. The van der Waals surface area contributed by atoms with Crippen LogP contribution in [-0.4, -0.2) is 48.2 Å². The van der Waals surface area contributed by atoms with Crippen molar-refractivity contribution in [2.45, 2.75) is 45.6 Å². The third kappa shape index (κ3) is 4.28. The highest BCUT2D eigenvalue weighted by molar-refractivity contribution is 5.83. The van der Waals surface area contributed by atoms with Crippen LogP contribution in [0, 0.1) is 5.92 Å². The number of carbonyl (C=O) groups is 1. The third-order valence-corrected chi connectivity index (χ3v) is 3.46. The summed E-state index contributed by atoms with van der Waals surface area (Å²) in [5.74, 6) is 0.695. The lowest BCUT2D eigenvalue weighted by Crippen LogP contribution is -2.40. The normalized spacial score (nSPS) is 22.2. The molecular weight excluding hydrogens is 216 g/mol. The van der Waals surface area contributed by atoms with Gasteiger partial charge in [0.2, 0.25) is 5.91 Å². The number of nitrogens with one attached hydrogen (secondary N) is 1. The molecule has 100 valence electrons. The molecule has 0 aromatic heterocycles. The molecular formula is C13H26N2O2. The Labute approximate surface area is 104 Å². The maximum Gasteiger partial charge on any atom is 0.239 e. The highest BCUT2D eigenvalue weighted by Crippen LogP contribution is 2.18. The van der Waals surface area contributed by atoms with Crippen molar-refractivity contribution < 1.29 is 9.90 Å². The average molecular weight is 242 g/mol. The Morgan fingerprint density at radius 1 is 1.47 bits per heavy atom. The van der Waals surface area contributed by atoms with Gasteiger partial charge in [-0.05, 0) is 31.7 Å². The largest absolute Gasteiger partial charge is 0.396 e. The Morgan fingerprint density at radius 3 is 2.82 bits per heavy atom. The summed E-state index contributed by atoms with van der Waals surface area (Å²) in [5, 5.41) is 12.2. The zero-order valence-corrected chi connectivity index (χ0v) is 11.1. The lowest BCUT2D eigenvalue weighted by molar-refractivity contribution is -0.130. The second-order valence-electron chi connectivity index (χ2n) is 4.85. The number of aliphatic hydroxyl groups is 1. The molecule has 17 heavy (non-hydrogen) atoms. The first-order valence-corrected chi connectivity index (χ1v) is 6.85. The summed E-state index contributed by atoms with van der Waals surface area (Å²) in [4.78, 5) is 14.0. The molecule has 2 atom stereocenters. The fourth-order valence-corrected chi connectivity index (χ4v) is 2.59. The van der Waals surface area contributed by atoms with Crippen LogP contribution in [0.4, 0.5) is 0 Å². The fourth-order valence-electron chi connectivity index (χ4n) is 2.59. The SMILES string of the molecule is CCCC(CCO)CN1CCC(NCC)C1=O. The summed E-state index contributed by atoms with van der Waals surface area (Å²) in [5.41, 5.74) is 0. The van der Waals surface area contributed by atoms with Crippen molar-refractivity contribution in [3.05, 3.63) is 0 Å². The number of carbonyl (C=O) groups excluding carboxylic acids is 1. The predicted molar refractivity (Wildman–Crippen MR) is 68.8 cm³/mol. The summed E-state index contributed by atoms with van der Waals surface area (Å²) in [6.07, 6.45) is 3.94. The number of likely N-dealkylation sites (tertiary alicyclic amines) is 1. The van der Waals surface area contributed by atoms with Gasteiger partial charge in [0.15, 0.2) is 0 Å². The average Bonchev–Trinajstić information content (AvgIpc) is 2.63. The Bertz CT molecular complexity index is 227. The molecule has 1 aliphatic rings. The van der Waals surface area contributed by atoms with Gasteiger partial charge in [-0.25, -0.2) is 0 Å². The number of rotatable bonds is 8. The van der Waals surface area contributed by atoms with E-state index in [1.165, 1.54) is 0 Å². The van der Waals surface area contributed by atoms with Gasteiger partial charge in [0, 0.05) is 19.7 Å². The molecule has 2 unspecified atom stereocenters. The number of nitrogens with zero attached hydrogens (tertiary/aromatic N) is 1. The lowest BCUT2D eigenvalue weighted by atomic mass is 10.00. The number of amides is 1. The summed E-state index contributed by atoms with van der Waals surface area (Å²) in [6.45, 7) is 6.93. The molecule has 1 fully saturated rings. The minimum absolute atomic E-state index is 0.0244. The molecule has 4 nitrogen and oxygen atoms in total. The Kier molecular flexibility index (Phi) is 6.52. The van der Waals surface area contributed by atoms with E-state index in [-0.39, 0.29) is 18.6 Å². The first-order valence-electron chi connectivity index (χ1n) is 6.85. The van der Waals surface area contributed by atoms with E-state index in [0.29, 0.717) is 5.92 Å². The van der Waals surface area contributed by atoms with Gasteiger partial charge in [0.25, 0.3) is 0 Å². The van der Waals surface area contributed by atoms with E-state index in [0.717, 1.165) is 45.3 Å². The van der Waals surface area contributed by atoms with E-state index in [1.54, 1.807) is 0 Å². The van der Waals surface area contributed by atoms with Crippen molar-refractivity contribution in [1.29, 1.82) is 0 Å². The summed E-state index contributed by atoms with van der Waals surface area (Å²) >= 11 is 0. The molecule has 4 heteroatoms. The van der Waals surface area contributed by atoms with Crippen molar-refractivity contribution in [3.63, 3.8) is 0 Å². The van der Waals surface area contributed by atoms with Crippen LogP contribution in [0.25, 0.3) is 0 Å². The standard InChI is InChI=1S/C13H26N2O2/c1-3-5-11(7-9-16)10-15-8-6-12(13(15)17)14-4-2/h11-12,14,16H,3-10H2,1-2H3. The molecule has 1 rings (SSSR count). The molecule has 0 aromatic rings. The van der Waals surface area contributed by atoms with Crippen molar-refractivity contribution in [2.75, 3.05) is 26.2 Å². The van der Waals surface area contributed by atoms with Crippen LogP contribution in [0.2, 0.25) is 0 Å². The van der Waals surface area contributed by atoms with Gasteiger partial charge in [-0.1, -0.05) is 20.3 Å². The van der Waals surface area contributed by atoms with Crippen molar-refractivity contribution in [3.8, 4) is 0 Å². The highest BCUT2D eigenvalue weighted by atomic mass is 16.3. The van der Waals surface area contributed by atoms with Crippen LogP contribution in [0.5, 0.6) is 0 Å². The second kappa shape index (κ2) is 7.67. The van der Waals surface area contributed by atoms with E-state index in [2.05, 4.69) is 12.2 Å². The van der Waals surface area contributed by atoms with Gasteiger partial charge >= 0.3 is 0 Å². The molecule has 0 saturated carbocycles. The molecule has 0 aliphatic carbocycles. The molecule has 0 aromatic carbocycles. The topological polar surface area (TPSA) is 52.6 Å². The van der Waals surface area contributed by atoms with Gasteiger partial charge in [-0.3, -0.25) is 4.79 Å². The number of aliphatic hydroxyl groups excluding tert-OH is 1. The fraction of sp³-hybridized carbons (Fsp3) is 0.923. The molecule has 1 heterocycles. The maximum atomic E-state index is 12.0. The first-order chi connectivity index (χ1) is 8.22. The Balaban J connectivity index is 2.42. The van der Waals surface area contributed by atoms with Crippen molar-refractivity contribution in [2.24, 2.45) is 5.92 Å². The van der Waals surface area contributed by atoms with Crippen LogP contribution >= 0.6 is 0 Å². The molecule has 1 amide bonds. The molecule has 0 bridgehead atoms. The van der Waals surface area contributed by atoms with Crippen molar-refractivity contribution >= 4 is 5.91 Å². The number of likely N-dealkylation sites (N-methyl/N-ethyl adjacent to an activating group) is 1. The maximum absolute atomic E-state index is 12.0. The minimum atomic E-state index is 0.0244. The van der Waals surface area contributed by atoms with E-state index in [1.807, 2.05) is 11.8 Å². The van der Waals surface area contributed by atoms with E-state index in [4.69, 9.17) is 5.11 Å². The number of hydrogen-bond donors (Lipinski definition) is 2. The zero-order valence-electron chi connectivity index (χ0n) is 11.1. The Morgan fingerprint density at radius 2 is 2.24 bits per heavy atom. The summed E-state index contributed by atoms with van der Waals surface area (Å²) in [6, 6.07) is 0.0244. The van der Waals surface area contributed by atoms with Crippen LogP contribution < -0.4 is 5.32 Å². The van der Waals surface area contributed by atoms with E-state index >= 15 is 0 Å². The van der Waals surface area contributed by atoms with Gasteiger partial charge in [-0.15, -0.1) is 0 Å². The van der Waals surface area contributed by atoms with Crippen LogP contribution in [0.3, 0.4) is 0 Å². The zero-order chi connectivity index (χ0) is 12.7. The van der Waals surface area contributed by atoms with Gasteiger partial charge in [-0.2, -0.15) is 0 Å². The Hall–Kier alpha value is -0.610.